The molecule has 0 aliphatic heterocycles. The van der Waals surface area contributed by atoms with Gasteiger partial charge >= 0.3 is 0 Å². The SMILES string of the molecule is COc1ccc(CC(=C=O)c2cccc(CN(C)C)c2)c(F)c1. The summed E-state index contributed by atoms with van der Waals surface area (Å²) in [5, 5.41) is 0. The van der Waals surface area contributed by atoms with Crippen LogP contribution in [0.25, 0.3) is 5.57 Å². The van der Waals surface area contributed by atoms with Gasteiger partial charge in [0.2, 0.25) is 0 Å². The molecule has 0 heterocycles. The number of rotatable bonds is 6. The van der Waals surface area contributed by atoms with E-state index in [1.165, 1.54) is 13.2 Å². The Bertz CT molecular complexity index is 734. The van der Waals surface area contributed by atoms with Crippen molar-refractivity contribution in [3.8, 4) is 5.75 Å². The molecule has 0 aliphatic rings. The van der Waals surface area contributed by atoms with Crippen LogP contribution in [0.3, 0.4) is 0 Å². The predicted molar refractivity (Wildman–Crippen MR) is 89.6 cm³/mol. The Morgan fingerprint density at radius 1 is 1.22 bits per heavy atom. The maximum absolute atomic E-state index is 14.1. The Labute approximate surface area is 136 Å². The zero-order valence-electron chi connectivity index (χ0n) is 13.6. The second-order valence-electron chi connectivity index (χ2n) is 5.65. The van der Waals surface area contributed by atoms with Crippen LogP contribution < -0.4 is 4.74 Å². The molecule has 0 radical (unpaired) electrons. The first-order valence-electron chi connectivity index (χ1n) is 7.34. The molecule has 23 heavy (non-hydrogen) atoms. The van der Waals surface area contributed by atoms with E-state index in [2.05, 4.69) is 0 Å². The van der Waals surface area contributed by atoms with Crippen LogP contribution in [0.1, 0.15) is 16.7 Å². The predicted octanol–water partition coefficient (Wildman–Crippen LogP) is 3.35. The van der Waals surface area contributed by atoms with Crippen molar-refractivity contribution in [1.82, 2.24) is 4.90 Å². The molecule has 0 aliphatic carbocycles. The third-order valence-electron chi connectivity index (χ3n) is 3.52. The minimum Gasteiger partial charge on any atom is -0.497 e. The highest BCUT2D eigenvalue weighted by molar-refractivity contribution is 5.88. The number of ether oxygens (including phenoxy) is 1. The lowest BCUT2D eigenvalue weighted by atomic mass is 9.97. The van der Waals surface area contributed by atoms with Gasteiger partial charge < -0.3 is 9.64 Å². The van der Waals surface area contributed by atoms with Gasteiger partial charge in [0, 0.05) is 24.6 Å². The average molecular weight is 313 g/mol. The lowest BCUT2D eigenvalue weighted by Crippen LogP contribution is -2.10. The number of allylic oxidation sites excluding steroid dienone is 1. The average Bonchev–Trinajstić information content (AvgIpc) is 2.53. The summed E-state index contributed by atoms with van der Waals surface area (Å²) in [6.07, 6.45) is 0.199. The van der Waals surface area contributed by atoms with E-state index in [4.69, 9.17) is 4.74 Å². The van der Waals surface area contributed by atoms with Crippen LogP contribution in [-0.2, 0) is 17.8 Å². The molecule has 0 saturated carbocycles. The van der Waals surface area contributed by atoms with Crippen molar-refractivity contribution in [2.24, 2.45) is 0 Å². The molecule has 0 spiro atoms. The van der Waals surface area contributed by atoms with Crippen LogP contribution in [0.2, 0.25) is 0 Å². The molecule has 120 valence electrons. The van der Waals surface area contributed by atoms with Crippen LogP contribution in [-0.4, -0.2) is 32.0 Å². The Balaban J connectivity index is 2.26. The van der Waals surface area contributed by atoms with E-state index < -0.39 is 0 Å². The van der Waals surface area contributed by atoms with Crippen LogP contribution in [0.5, 0.6) is 5.75 Å². The van der Waals surface area contributed by atoms with Gasteiger partial charge in [0.1, 0.15) is 17.5 Å². The number of nitrogens with zero attached hydrogens (tertiary/aromatic N) is 1. The molecule has 3 nitrogen and oxygen atoms in total. The van der Waals surface area contributed by atoms with Crippen molar-refractivity contribution < 1.29 is 13.9 Å². The Morgan fingerprint density at radius 2 is 2.00 bits per heavy atom. The van der Waals surface area contributed by atoms with Crippen LogP contribution >= 0.6 is 0 Å². The number of hydrogen-bond acceptors (Lipinski definition) is 3. The molecule has 0 N–H and O–H groups in total. The maximum atomic E-state index is 14.1. The largest absolute Gasteiger partial charge is 0.497 e. The van der Waals surface area contributed by atoms with Gasteiger partial charge in [0.05, 0.1) is 7.11 Å². The normalized spacial score (nSPS) is 10.5. The standard InChI is InChI=1S/C19H20FNO2/c1-21(2)12-14-5-4-6-15(9-14)17(13-22)10-16-7-8-18(23-3)11-19(16)20/h4-9,11H,10,12H2,1-3H3. The summed E-state index contributed by atoms with van der Waals surface area (Å²) in [6, 6.07) is 12.3. The van der Waals surface area contributed by atoms with Gasteiger partial charge in [-0.2, -0.15) is 0 Å². The molecule has 0 saturated heterocycles. The lowest BCUT2D eigenvalue weighted by Gasteiger charge is -2.12. The van der Waals surface area contributed by atoms with Gasteiger partial charge in [-0.1, -0.05) is 24.3 Å². The summed E-state index contributed by atoms with van der Waals surface area (Å²) in [7, 11) is 5.45. The fourth-order valence-electron chi connectivity index (χ4n) is 2.41. The molecule has 0 bridgehead atoms. The van der Waals surface area contributed by atoms with Crippen molar-refractivity contribution >= 4 is 11.5 Å². The monoisotopic (exact) mass is 313 g/mol. The summed E-state index contributed by atoms with van der Waals surface area (Å²) >= 11 is 0. The molecule has 0 amide bonds. The first-order chi connectivity index (χ1) is 11.0. The van der Waals surface area contributed by atoms with Crippen LogP contribution in [0, 0.1) is 5.82 Å². The summed E-state index contributed by atoms with van der Waals surface area (Å²) in [4.78, 5) is 13.4. The first kappa shape index (κ1) is 16.9. The Hall–Kier alpha value is -2.42. The van der Waals surface area contributed by atoms with Gasteiger partial charge in [-0.3, -0.25) is 0 Å². The van der Waals surface area contributed by atoms with Gasteiger partial charge in [0.15, 0.2) is 0 Å². The van der Waals surface area contributed by atoms with Crippen molar-refractivity contribution in [1.29, 1.82) is 0 Å². The summed E-state index contributed by atoms with van der Waals surface area (Å²) < 4.78 is 19.1. The first-order valence-corrected chi connectivity index (χ1v) is 7.34. The van der Waals surface area contributed by atoms with Gasteiger partial charge in [-0.05, 0) is 42.9 Å². The smallest absolute Gasteiger partial charge is 0.130 e. The topological polar surface area (TPSA) is 29.5 Å². The molecular formula is C19H20FNO2. The summed E-state index contributed by atoms with van der Waals surface area (Å²) in [5.74, 6) is 2.03. The Kier molecular flexibility index (Phi) is 5.69. The fourth-order valence-corrected chi connectivity index (χ4v) is 2.41. The molecule has 0 fully saturated rings. The van der Waals surface area contributed by atoms with Crippen LogP contribution in [0.15, 0.2) is 42.5 Å². The fraction of sp³-hybridized carbons (Fsp3) is 0.263. The molecular weight excluding hydrogens is 293 g/mol. The maximum Gasteiger partial charge on any atom is 0.130 e. The van der Waals surface area contributed by atoms with Gasteiger partial charge in [-0.25, -0.2) is 9.18 Å². The van der Waals surface area contributed by atoms with Crippen molar-refractivity contribution in [3.63, 3.8) is 0 Å². The molecule has 0 aromatic heterocycles. The van der Waals surface area contributed by atoms with E-state index in [-0.39, 0.29) is 12.2 Å². The second-order valence-corrected chi connectivity index (χ2v) is 5.65. The number of halogens is 1. The molecule has 0 atom stereocenters. The van der Waals surface area contributed by atoms with E-state index >= 15 is 0 Å². The zero-order chi connectivity index (χ0) is 16.8. The molecule has 2 aromatic rings. The zero-order valence-corrected chi connectivity index (χ0v) is 13.6. The number of methoxy groups -OCH3 is 1. The molecule has 2 aromatic carbocycles. The number of benzene rings is 2. The highest BCUT2D eigenvalue weighted by atomic mass is 19.1. The number of carbonyl (C=O) groups excluding carboxylic acids is 1. The summed E-state index contributed by atoms with van der Waals surface area (Å²) in [6.45, 7) is 0.775. The minimum absolute atomic E-state index is 0.199. The highest BCUT2D eigenvalue weighted by Crippen LogP contribution is 2.23. The molecule has 0 unspecified atom stereocenters. The lowest BCUT2D eigenvalue weighted by molar-refractivity contribution is 0.402. The minimum atomic E-state index is -0.387. The van der Waals surface area contributed by atoms with E-state index in [9.17, 15) is 9.18 Å². The third-order valence-corrected chi connectivity index (χ3v) is 3.52. The van der Waals surface area contributed by atoms with E-state index in [1.54, 1.807) is 12.1 Å². The second kappa shape index (κ2) is 7.73. The van der Waals surface area contributed by atoms with Gasteiger partial charge in [0.25, 0.3) is 0 Å². The highest BCUT2D eigenvalue weighted by Gasteiger charge is 2.10. The van der Waals surface area contributed by atoms with Crippen molar-refractivity contribution in [3.05, 3.63) is 65.0 Å². The van der Waals surface area contributed by atoms with Crippen LogP contribution in [0.4, 0.5) is 4.39 Å². The van der Waals surface area contributed by atoms with Gasteiger partial charge in [-0.15, -0.1) is 0 Å². The quantitative estimate of drug-likeness (QED) is 0.766. The Morgan fingerprint density at radius 3 is 2.61 bits per heavy atom. The molecule has 2 rings (SSSR count). The summed E-state index contributed by atoms with van der Waals surface area (Å²) in [5.41, 5.74) is 2.75. The van der Waals surface area contributed by atoms with E-state index in [1.807, 2.05) is 49.2 Å². The molecule has 4 heteroatoms. The number of hydrogen-bond donors (Lipinski definition) is 0. The van der Waals surface area contributed by atoms with Crippen molar-refractivity contribution in [2.75, 3.05) is 21.2 Å². The van der Waals surface area contributed by atoms with Crippen molar-refractivity contribution in [2.45, 2.75) is 13.0 Å². The van der Waals surface area contributed by atoms with E-state index in [0.29, 0.717) is 16.9 Å². The van der Waals surface area contributed by atoms with E-state index in [0.717, 1.165) is 17.7 Å². The third kappa shape index (κ3) is 4.52.